The number of rotatable bonds is 11. The summed E-state index contributed by atoms with van der Waals surface area (Å²) in [6.07, 6.45) is -14.1. The largest absolute Gasteiger partial charge is 0.460 e. The van der Waals surface area contributed by atoms with Crippen molar-refractivity contribution in [2.75, 3.05) is 6.61 Å². The van der Waals surface area contributed by atoms with Crippen molar-refractivity contribution < 1.29 is 89.3 Å². The van der Waals surface area contributed by atoms with Crippen molar-refractivity contribution in [3.05, 3.63) is 12.2 Å². The maximum atomic E-state index is 13.6. The Hall–Kier alpha value is -2.02. The number of carbonyl (C=O) groups excluding carboxylic acids is 1. The molecule has 0 radical (unpaired) electrons. The molecule has 1 N–H and O–H groups in total. The topological polar surface area (TPSA) is 46.5 Å². The molecule has 208 valence electrons. The first-order valence-corrected chi connectivity index (χ1v) is 8.19. The van der Waals surface area contributed by atoms with Crippen LogP contribution in [-0.4, -0.2) is 71.4 Å². The molecule has 0 heterocycles. The zero-order chi connectivity index (χ0) is 28.9. The molecule has 0 fully saturated rings. The van der Waals surface area contributed by atoms with Gasteiger partial charge in [0.15, 0.2) is 0 Å². The van der Waals surface area contributed by atoms with Gasteiger partial charge in [0.1, 0.15) is 6.61 Å². The van der Waals surface area contributed by atoms with Crippen molar-refractivity contribution >= 4 is 5.97 Å². The number of hydrogen-bond acceptors (Lipinski definition) is 3. The van der Waals surface area contributed by atoms with Crippen LogP contribution in [0.1, 0.15) is 13.3 Å². The summed E-state index contributed by atoms with van der Waals surface area (Å²) in [7, 11) is 0. The minimum atomic E-state index is -8.72. The van der Waals surface area contributed by atoms with Gasteiger partial charge in [0.25, 0.3) is 0 Å². The quantitative estimate of drug-likeness (QED) is 0.195. The van der Waals surface area contributed by atoms with Crippen LogP contribution in [0.2, 0.25) is 0 Å². The van der Waals surface area contributed by atoms with Crippen LogP contribution in [0.4, 0.5) is 74.6 Å². The smallest absolute Gasteiger partial charge is 0.460 e. The lowest BCUT2D eigenvalue weighted by atomic mass is 9.88. The van der Waals surface area contributed by atoms with Crippen LogP contribution in [0.15, 0.2) is 12.2 Å². The Morgan fingerprint density at radius 3 is 1.31 bits per heavy atom. The lowest BCUT2D eigenvalue weighted by Gasteiger charge is -2.43. The van der Waals surface area contributed by atoms with Crippen LogP contribution < -0.4 is 0 Å². The molecule has 20 heteroatoms. The minimum absolute atomic E-state index is 0.501. The van der Waals surface area contributed by atoms with Gasteiger partial charge in [-0.2, -0.15) is 74.6 Å². The lowest BCUT2D eigenvalue weighted by Crippen LogP contribution is -2.74. The molecule has 0 aliphatic carbocycles. The average molecular weight is 562 g/mol. The predicted octanol–water partition coefficient (Wildman–Crippen LogP) is 5.87. The van der Waals surface area contributed by atoms with Gasteiger partial charge in [-0.25, -0.2) is 4.79 Å². The maximum absolute atomic E-state index is 13.6. The minimum Gasteiger partial charge on any atom is -0.460 e. The molecule has 0 aromatic carbocycles. The molecule has 0 aliphatic heterocycles. The fourth-order valence-corrected chi connectivity index (χ4v) is 1.97. The van der Waals surface area contributed by atoms with Crippen LogP contribution in [-0.2, 0) is 9.53 Å². The average Bonchev–Trinajstić information content (AvgIpc) is 2.63. The first-order chi connectivity index (χ1) is 15.0. The Morgan fingerprint density at radius 2 is 1.00 bits per heavy atom. The third-order valence-corrected chi connectivity index (χ3v) is 4.03. The van der Waals surface area contributed by atoms with Crippen molar-refractivity contribution in [1.29, 1.82) is 0 Å². The lowest BCUT2D eigenvalue weighted by molar-refractivity contribution is -0.462. The summed E-state index contributed by atoms with van der Waals surface area (Å²) >= 11 is 0. The Labute approximate surface area is 182 Å². The van der Waals surface area contributed by atoms with E-state index in [1.165, 1.54) is 0 Å². The van der Waals surface area contributed by atoms with Crippen molar-refractivity contribution in [2.24, 2.45) is 0 Å². The van der Waals surface area contributed by atoms with E-state index < -0.39 is 78.3 Å². The molecule has 0 rings (SSSR count). The van der Waals surface area contributed by atoms with Crippen molar-refractivity contribution in [3.8, 4) is 0 Å². The van der Waals surface area contributed by atoms with Crippen molar-refractivity contribution in [3.63, 3.8) is 0 Å². The number of alkyl halides is 17. The Balaban J connectivity index is 6.35. The summed E-state index contributed by atoms with van der Waals surface area (Å²) in [5.41, 5.74) is -0.501. The van der Waals surface area contributed by atoms with E-state index in [-0.39, 0.29) is 0 Å². The van der Waals surface area contributed by atoms with E-state index >= 15 is 0 Å². The molecule has 0 saturated carbocycles. The SMILES string of the molecule is C=C(C)C(=O)OC[C@H](O)CC(F)(F)C(F)(F)C(F)(F)C(F)(F)C(F)(F)C(F)(F)C(F)(F)C(F)(F)F. The van der Waals surface area contributed by atoms with E-state index in [0.717, 1.165) is 6.92 Å². The van der Waals surface area contributed by atoms with Gasteiger partial charge in [-0.1, -0.05) is 6.58 Å². The van der Waals surface area contributed by atoms with E-state index in [0.29, 0.717) is 0 Å². The van der Waals surface area contributed by atoms with E-state index in [4.69, 9.17) is 5.11 Å². The monoisotopic (exact) mass is 562 g/mol. The summed E-state index contributed by atoms with van der Waals surface area (Å²) in [6.45, 7) is 2.09. The molecule has 3 nitrogen and oxygen atoms in total. The van der Waals surface area contributed by atoms with Crippen LogP contribution in [0.25, 0.3) is 0 Å². The molecule has 0 bridgehead atoms. The predicted molar refractivity (Wildman–Crippen MR) is 77.1 cm³/mol. The molecular formula is C15H11F17O3. The second kappa shape index (κ2) is 9.13. The van der Waals surface area contributed by atoms with Gasteiger partial charge >= 0.3 is 53.6 Å². The zero-order valence-electron chi connectivity index (χ0n) is 16.4. The van der Waals surface area contributed by atoms with Gasteiger partial charge in [0.05, 0.1) is 6.10 Å². The maximum Gasteiger partial charge on any atom is 0.460 e. The van der Waals surface area contributed by atoms with Crippen molar-refractivity contribution in [1.82, 2.24) is 0 Å². The molecule has 0 aromatic rings. The van der Waals surface area contributed by atoms with Gasteiger partial charge in [0.2, 0.25) is 0 Å². The second-order valence-corrected chi connectivity index (χ2v) is 6.89. The fourth-order valence-electron chi connectivity index (χ4n) is 1.97. The van der Waals surface area contributed by atoms with E-state index in [2.05, 4.69) is 11.3 Å². The van der Waals surface area contributed by atoms with Crippen LogP contribution in [0.3, 0.4) is 0 Å². The summed E-state index contributed by atoms with van der Waals surface area (Å²) in [5, 5.41) is 9.09. The highest BCUT2D eigenvalue weighted by molar-refractivity contribution is 5.86. The van der Waals surface area contributed by atoms with Gasteiger partial charge in [-0.15, -0.1) is 0 Å². The van der Waals surface area contributed by atoms with Crippen LogP contribution in [0.5, 0.6) is 0 Å². The number of carbonyl (C=O) groups is 1. The van der Waals surface area contributed by atoms with Crippen LogP contribution in [0, 0.1) is 0 Å². The Kier molecular flexibility index (Phi) is 8.60. The molecular weight excluding hydrogens is 551 g/mol. The standard InChI is InChI=1S/C15H11F17O3/c1-5(2)7(34)35-4-6(33)3-8(16,17)9(18,19)10(20,21)11(22,23)12(24,25)13(26,27)14(28,29)15(30,31)32/h6,33H,1,3-4H2,2H3/t6-/m1/s1. The number of ether oxygens (including phenoxy) is 1. The molecule has 1 atom stereocenters. The number of halogens is 17. The Morgan fingerprint density at radius 1 is 0.686 bits per heavy atom. The molecule has 0 aromatic heterocycles. The first kappa shape index (κ1) is 33.0. The van der Waals surface area contributed by atoms with Crippen molar-refractivity contribution in [2.45, 2.75) is 67.1 Å². The fraction of sp³-hybridized carbons (Fsp3) is 0.800. The molecule has 0 aliphatic rings. The highest BCUT2D eigenvalue weighted by atomic mass is 19.4. The number of aliphatic hydroxyl groups is 1. The molecule has 0 unspecified atom stereocenters. The Bertz CT molecular complexity index is 799. The van der Waals surface area contributed by atoms with Crippen LogP contribution >= 0.6 is 0 Å². The summed E-state index contributed by atoms with van der Waals surface area (Å²) in [5.74, 6) is -58.9. The van der Waals surface area contributed by atoms with E-state index in [9.17, 15) is 79.4 Å². The summed E-state index contributed by atoms with van der Waals surface area (Å²) in [6, 6.07) is 0. The molecule has 0 saturated heterocycles. The second-order valence-electron chi connectivity index (χ2n) is 6.89. The third-order valence-electron chi connectivity index (χ3n) is 4.03. The number of aliphatic hydroxyl groups excluding tert-OH is 1. The van der Waals surface area contributed by atoms with Gasteiger partial charge < -0.3 is 9.84 Å². The molecule has 0 amide bonds. The molecule has 35 heavy (non-hydrogen) atoms. The highest BCUT2D eigenvalue weighted by Gasteiger charge is 2.95. The van der Waals surface area contributed by atoms with E-state index in [1.807, 2.05) is 0 Å². The normalized spacial score (nSPS) is 16.2. The van der Waals surface area contributed by atoms with Gasteiger partial charge in [0, 0.05) is 12.0 Å². The van der Waals surface area contributed by atoms with E-state index in [1.54, 1.807) is 0 Å². The highest BCUT2D eigenvalue weighted by Crippen LogP contribution is 2.64. The van der Waals surface area contributed by atoms with Gasteiger partial charge in [-0.05, 0) is 6.92 Å². The summed E-state index contributed by atoms with van der Waals surface area (Å²) in [4.78, 5) is 11.0. The third kappa shape index (κ3) is 5.11. The number of esters is 1. The summed E-state index contributed by atoms with van der Waals surface area (Å²) < 4.78 is 226. The zero-order valence-corrected chi connectivity index (χ0v) is 16.4. The first-order valence-electron chi connectivity index (χ1n) is 8.19. The number of hydrogen-bond donors (Lipinski definition) is 1. The van der Waals surface area contributed by atoms with Gasteiger partial charge in [-0.3, -0.25) is 0 Å². The molecule has 0 spiro atoms.